The van der Waals surface area contributed by atoms with Crippen molar-refractivity contribution >= 4 is 11.8 Å². The fourth-order valence-corrected chi connectivity index (χ4v) is 3.18. The first-order chi connectivity index (χ1) is 11.7. The van der Waals surface area contributed by atoms with E-state index in [9.17, 15) is 4.39 Å². The highest BCUT2D eigenvalue weighted by atomic mass is 32.2. The van der Waals surface area contributed by atoms with Gasteiger partial charge in [-0.05, 0) is 37.6 Å². The zero-order valence-electron chi connectivity index (χ0n) is 13.6. The standard InChI is InChI=1S/C18H18FN3OS/c1-13-7-3-5-9-16(13)22-14(2)20-21-18(22)24-12-11-23-17-10-6-4-8-15(17)19/h3-10H,11-12H2,1-2H3. The van der Waals surface area contributed by atoms with Crippen molar-refractivity contribution in [2.75, 3.05) is 12.4 Å². The lowest BCUT2D eigenvalue weighted by Gasteiger charge is -2.11. The summed E-state index contributed by atoms with van der Waals surface area (Å²) in [5.74, 6) is 1.41. The van der Waals surface area contributed by atoms with E-state index in [0.717, 1.165) is 22.2 Å². The smallest absolute Gasteiger partial charge is 0.195 e. The number of nitrogens with zero attached hydrogens (tertiary/aromatic N) is 3. The number of ether oxygens (including phenoxy) is 1. The Labute approximate surface area is 144 Å². The number of aromatic nitrogens is 3. The summed E-state index contributed by atoms with van der Waals surface area (Å²) < 4.78 is 21.0. The molecular weight excluding hydrogens is 325 g/mol. The van der Waals surface area contributed by atoms with Crippen LogP contribution in [0, 0.1) is 19.7 Å². The van der Waals surface area contributed by atoms with Crippen LogP contribution in [0.3, 0.4) is 0 Å². The van der Waals surface area contributed by atoms with Crippen LogP contribution in [0.1, 0.15) is 11.4 Å². The molecule has 1 heterocycles. The topological polar surface area (TPSA) is 39.9 Å². The Hall–Kier alpha value is -2.34. The molecular formula is C18H18FN3OS. The van der Waals surface area contributed by atoms with Crippen LogP contribution in [-0.4, -0.2) is 27.1 Å². The summed E-state index contributed by atoms with van der Waals surface area (Å²) in [6, 6.07) is 14.5. The van der Waals surface area contributed by atoms with Gasteiger partial charge in [-0.25, -0.2) is 4.39 Å². The number of hydrogen-bond acceptors (Lipinski definition) is 4. The summed E-state index contributed by atoms with van der Waals surface area (Å²) in [4.78, 5) is 0. The molecule has 0 saturated heterocycles. The molecule has 3 aromatic rings. The third kappa shape index (κ3) is 3.59. The number of aryl methyl sites for hydroxylation is 2. The third-order valence-corrected chi connectivity index (χ3v) is 4.45. The molecule has 1 aromatic heterocycles. The van der Waals surface area contributed by atoms with Crippen molar-refractivity contribution in [3.63, 3.8) is 0 Å². The van der Waals surface area contributed by atoms with Crippen molar-refractivity contribution in [2.45, 2.75) is 19.0 Å². The minimum Gasteiger partial charge on any atom is -0.490 e. The van der Waals surface area contributed by atoms with E-state index < -0.39 is 0 Å². The lowest BCUT2D eigenvalue weighted by atomic mass is 10.2. The van der Waals surface area contributed by atoms with Crippen LogP contribution >= 0.6 is 11.8 Å². The quantitative estimate of drug-likeness (QED) is 0.497. The fourth-order valence-electron chi connectivity index (χ4n) is 2.37. The molecule has 0 fully saturated rings. The Balaban J connectivity index is 1.67. The number of hydrogen-bond donors (Lipinski definition) is 0. The summed E-state index contributed by atoms with van der Waals surface area (Å²) in [6.07, 6.45) is 0. The van der Waals surface area contributed by atoms with Crippen LogP contribution in [0.2, 0.25) is 0 Å². The Morgan fingerprint density at radius 2 is 1.79 bits per heavy atom. The second-order valence-electron chi connectivity index (χ2n) is 5.28. The highest BCUT2D eigenvalue weighted by Crippen LogP contribution is 2.24. The molecule has 0 aliphatic carbocycles. The van der Waals surface area contributed by atoms with Crippen molar-refractivity contribution in [3.8, 4) is 11.4 Å². The van der Waals surface area contributed by atoms with Crippen LogP contribution in [0.15, 0.2) is 53.7 Å². The number of thioether (sulfide) groups is 1. The minimum absolute atomic E-state index is 0.273. The van der Waals surface area contributed by atoms with Crippen LogP contribution in [-0.2, 0) is 0 Å². The van der Waals surface area contributed by atoms with Crippen molar-refractivity contribution < 1.29 is 9.13 Å². The van der Waals surface area contributed by atoms with Gasteiger partial charge in [0, 0.05) is 5.75 Å². The average molecular weight is 343 g/mol. The Kier molecular flexibility index (Phi) is 5.15. The molecule has 0 atom stereocenters. The van der Waals surface area contributed by atoms with Crippen molar-refractivity contribution in [3.05, 3.63) is 65.7 Å². The molecule has 4 nitrogen and oxygen atoms in total. The predicted octanol–water partition coefficient (Wildman–Crippen LogP) is 4.19. The molecule has 0 aliphatic rings. The fraction of sp³-hybridized carbons (Fsp3) is 0.222. The van der Waals surface area contributed by atoms with Gasteiger partial charge < -0.3 is 4.74 Å². The van der Waals surface area contributed by atoms with Crippen LogP contribution in [0.4, 0.5) is 4.39 Å². The first-order valence-electron chi connectivity index (χ1n) is 7.65. The maximum atomic E-state index is 13.5. The van der Waals surface area contributed by atoms with E-state index in [0.29, 0.717) is 12.4 Å². The van der Waals surface area contributed by atoms with Crippen LogP contribution in [0.25, 0.3) is 5.69 Å². The lowest BCUT2D eigenvalue weighted by molar-refractivity contribution is 0.325. The van der Waals surface area contributed by atoms with Gasteiger partial charge in [0.05, 0.1) is 12.3 Å². The number of halogens is 1. The van der Waals surface area contributed by atoms with Gasteiger partial charge in [-0.2, -0.15) is 0 Å². The van der Waals surface area contributed by atoms with Gasteiger partial charge in [0.2, 0.25) is 0 Å². The molecule has 6 heteroatoms. The van der Waals surface area contributed by atoms with E-state index in [1.54, 1.807) is 18.2 Å². The van der Waals surface area contributed by atoms with Gasteiger partial charge >= 0.3 is 0 Å². The number of para-hydroxylation sites is 2. The summed E-state index contributed by atoms with van der Waals surface area (Å²) in [6.45, 7) is 4.38. The van der Waals surface area contributed by atoms with E-state index in [4.69, 9.17) is 4.74 Å². The third-order valence-electron chi connectivity index (χ3n) is 3.56. The highest BCUT2D eigenvalue weighted by Gasteiger charge is 2.13. The van der Waals surface area contributed by atoms with E-state index in [1.807, 2.05) is 29.7 Å². The average Bonchev–Trinajstić information content (AvgIpc) is 2.94. The molecule has 2 aromatic carbocycles. The van der Waals surface area contributed by atoms with Crippen molar-refractivity contribution in [1.29, 1.82) is 0 Å². The number of benzene rings is 2. The van der Waals surface area contributed by atoms with Crippen LogP contribution < -0.4 is 4.74 Å². The zero-order chi connectivity index (χ0) is 16.9. The molecule has 0 amide bonds. The molecule has 0 saturated carbocycles. The summed E-state index contributed by atoms with van der Waals surface area (Å²) >= 11 is 1.54. The molecule has 0 N–H and O–H groups in total. The van der Waals surface area contributed by atoms with Crippen molar-refractivity contribution in [1.82, 2.24) is 14.8 Å². The lowest BCUT2D eigenvalue weighted by Crippen LogP contribution is -2.05. The first kappa shape index (κ1) is 16.5. The van der Waals surface area contributed by atoms with E-state index in [-0.39, 0.29) is 11.6 Å². The monoisotopic (exact) mass is 343 g/mol. The Bertz CT molecular complexity index is 835. The molecule has 3 rings (SSSR count). The van der Waals surface area contributed by atoms with Gasteiger partial charge in [0.15, 0.2) is 16.7 Å². The maximum absolute atomic E-state index is 13.5. The molecule has 24 heavy (non-hydrogen) atoms. The predicted molar refractivity (Wildman–Crippen MR) is 93.5 cm³/mol. The van der Waals surface area contributed by atoms with E-state index in [2.05, 4.69) is 23.2 Å². The van der Waals surface area contributed by atoms with Crippen LogP contribution in [0.5, 0.6) is 5.75 Å². The molecule has 0 unspecified atom stereocenters. The summed E-state index contributed by atoms with van der Waals surface area (Å²) in [7, 11) is 0. The Morgan fingerprint density at radius 1 is 1.04 bits per heavy atom. The molecule has 0 aliphatic heterocycles. The number of rotatable bonds is 6. The molecule has 0 spiro atoms. The van der Waals surface area contributed by atoms with Gasteiger partial charge in [0.25, 0.3) is 0 Å². The minimum atomic E-state index is -0.346. The normalized spacial score (nSPS) is 10.8. The highest BCUT2D eigenvalue weighted by molar-refractivity contribution is 7.99. The Morgan fingerprint density at radius 3 is 2.58 bits per heavy atom. The summed E-state index contributed by atoms with van der Waals surface area (Å²) in [5, 5.41) is 9.22. The second kappa shape index (κ2) is 7.49. The van der Waals surface area contributed by atoms with Crippen molar-refractivity contribution in [2.24, 2.45) is 0 Å². The van der Waals surface area contributed by atoms with Gasteiger partial charge in [-0.3, -0.25) is 4.57 Å². The largest absolute Gasteiger partial charge is 0.490 e. The molecule has 0 bridgehead atoms. The van der Waals surface area contributed by atoms with Gasteiger partial charge in [0.1, 0.15) is 5.82 Å². The first-order valence-corrected chi connectivity index (χ1v) is 8.63. The SMILES string of the molecule is Cc1ccccc1-n1c(C)nnc1SCCOc1ccccc1F. The molecule has 124 valence electrons. The summed E-state index contributed by atoms with van der Waals surface area (Å²) in [5.41, 5.74) is 2.22. The second-order valence-corrected chi connectivity index (χ2v) is 6.34. The van der Waals surface area contributed by atoms with E-state index in [1.165, 1.54) is 17.8 Å². The van der Waals surface area contributed by atoms with Gasteiger partial charge in [-0.1, -0.05) is 42.1 Å². The zero-order valence-corrected chi connectivity index (χ0v) is 14.4. The maximum Gasteiger partial charge on any atom is 0.195 e. The molecule has 0 radical (unpaired) electrons. The van der Waals surface area contributed by atoms with E-state index >= 15 is 0 Å². The van der Waals surface area contributed by atoms with Gasteiger partial charge in [-0.15, -0.1) is 10.2 Å².